The van der Waals surface area contributed by atoms with E-state index in [1.807, 2.05) is 36.1 Å². The van der Waals surface area contributed by atoms with Crippen LogP contribution in [0.1, 0.15) is 11.3 Å². The quantitative estimate of drug-likeness (QED) is 0.778. The molecule has 0 radical (unpaired) electrons. The number of furan rings is 1. The maximum Gasteiger partial charge on any atom is 0.129 e. The lowest BCUT2D eigenvalue weighted by Crippen LogP contribution is -2.47. The first-order chi connectivity index (χ1) is 11.7. The zero-order chi connectivity index (χ0) is 16.8. The highest BCUT2D eigenvalue weighted by Gasteiger charge is 2.23. The van der Waals surface area contributed by atoms with Gasteiger partial charge in [0.15, 0.2) is 0 Å². The van der Waals surface area contributed by atoms with Crippen molar-refractivity contribution in [3.05, 3.63) is 42.1 Å². The lowest BCUT2D eigenvalue weighted by molar-refractivity contribution is -0.0590. The monoisotopic (exact) mass is 335 g/mol. The third-order valence-electron chi connectivity index (χ3n) is 3.98. The summed E-state index contributed by atoms with van der Waals surface area (Å²) in [4.78, 5) is 2.21. The molecular formula is C17H25N3O4. The molecule has 7 nitrogen and oxygen atoms in total. The molecule has 0 spiro atoms. The summed E-state index contributed by atoms with van der Waals surface area (Å²) in [6, 6.07) is 3.68. The van der Waals surface area contributed by atoms with Gasteiger partial charge >= 0.3 is 0 Å². The van der Waals surface area contributed by atoms with Crippen molar-refractivity contribution >= 4 is 0 Å². The van der Waals surface area contributed by atoms with Gasteiger partial charge in [-0.05, 0) is 24.6 Å². The van der Waals surface area contributed by atoms with Gasteiger partial charge in [0.1, 0.15) is 12.4 Å². The van der Waals surface area contributed by atoms with Crippen molar-refractivity contribution in [1.29, 1.82) is 0 Å². The van der Waals surface area contributed by atoms with E-state index in [1.54, 1.807) is 6.26 Å². The molecule has 1 saturated heterocycles. The van der Waals surface area contributed by atoms with Gasteiger partial charge in [0, 0.05) is 25.8 Å². The standard InChI is InChI=1S/C17H25N3O4/c1-14-7-18-20(8-14)11-17-10-19(4-6-24-17)9-15(21)12-22-13-16-3-2-5-23-16/h2-3,5,7-8,15,17,21H,4,6,9-13H2,1H3. The Morgan fingerprint density at radius 1 is 1.50 bits per heavy atom. The Morgan fingerprint density at radius 2 is 2.42 bits per heavy atom. The van der Waals surface area contributed by atoms with Crippen LogP contribution < -0.4 is 0 Å². The molecule has 2 aromatic heterocycles. The molecule has 0 aromatic carbocycles. The number of aliphatic hydroxyl groups excluding tert-OH is 1. The molecule has 1 N–H and O–H groups in total. The third-order valence-corrected chi connectivity index (χ3v) is 3.98. The molecule has 2 unspecified atom stereocenters. The number of morpholine rings is 1. The van der Waals surface area contributed by atoms with Gasteiger partial charge in [0.25, 0.3) is 0 Å². The maximum atomic E-state index is 10.2. The number of hydrogen-bond acceptors (Lipinski definition) is 6. The van der Waals surface area contributed by atoms with Crippen LogP contribution in [0, 0.1) is 6.92 Å². The Labute approximate surface area is 141 Å². The van der Waals surface area contributed by atoms with Crippen LogP contribution in [-0.2, 0) is 22.6 Å². The normalized spacial score (nSPS) is 20.3. The van der Waals surface area contributed by atoms with Crippen LogP contribution in [0.4, 0.5) is 0 Å². The van der Waals surface area contributed by atoms with Crippen molar-refractivity contribution in [3.63, 3.8) is 0 Å². The van der Waals surface area contributed by atoms with E-state index in [2.05, 4.69) is 10.00 Å². The van der Waals surface area contributed by atoms with Gasteiger partial charge in [-0.15, -0.1) is 0 Å². The van der Waals surface area contributed by atoms with Crippen molar-refractivity contribution in [1.82, 2.24) is 14.7 Å². The number of aryl methyl sites for hydroxylation is 1. The van der Waals surface area contributed by atoms with E-state index in [-0.39, 0.29) is 6.10 Å². The predicted molar refractivity (Wildman–Crippen MR) is 87.5 cm³/mol. The van der Waals surface area contributed by atoms with Gasteiger partial charge < -0.3 is 19.0 Å². The van der Waals surface area contributed by atoms with Crippen molar-refractivity contribution in [2.45, 2.75) is 32.3 Å². The second-order valence-electron chi connectivity index (χ2n) is 6.24. The molecule has 0 amide bonds. The maximum absolute atomic E-state index is 10.2. The molecule has 1 fully saturated rings. The zero-order valence-electron chi connectivity index (χ0n) is 14.0. The minimum Gasteiger partial charge on any atom is -0.467 e. The summed E-state index contributed by atoms with van der Waals surface area (Å²) in [7, 11) is 0. The number of ether oxygens (including phenoxy) is 2. The summed E-state index contributed by atoms with van der Waals surface area (Å²) in [6.45, 7) is 6.29. The summed E-state index contributed by atoms with van der Waals surface area (Å²) < 4.78 is 18.4. The SMILES string of the molecule is Cc1cnn(CC2CN(CC(O)COCc3ccco3)CCO2)c1. The molecule has 3 heterocycles. The molecule has 0 bridgehead atoms. The van der Waals surface area contributed by atoms with Crippen molar-refractivity contribution < 1.29 is 19.0 Å². The summed E-state index contributed by atoms with van der Waals surface area (Å²) in [5.74, 6) is 0.767. The van der Waals surface area contributed by atoms with Crippen LogP contribution in [0.2, 0.25) is 0 Å². The lowest BCUT2D eigenvalue weighted by atomic mass is 10.2. The Bertz CT molecular complexity index is 599. The molecule has 2 aromatic rings. The highest BCUT2D eigenvalue weighted by atomic mass is 16.5. The Balaban J connectivity index is 1.38. The van der Waals surface area contributed by atoms with Crippen LogP contribution in [0.5, 0.6) is 0 Å². The average molecular weight is 335 g/mol. The highest BCUT2D eigenvalue weighted by Crippen LogP contribution is 2.09. The third kappa shape index (κ3) is 5.17. The Hall–Kier alpha value is -1.67. The molecule has 7 heteroatoms. The van der Waals surface area contributed by atoms with Crippen LogP contribution in [0.3, 0.4) is 0 Å². The van der Waals surface area contributed by atoms with Crippen molar-refractivity contribution in [3.8, 4) is 0 Å². The molecule has 1 aliphatic heterocycles. The summed E-state index contributed by atoms with van der Waals surface area (Å²) in [6.07, 6.45) is 5.05. The minimum absolute atomic E-state index is 0.0919. The fraction of sp³-hybridized carbons (Fsp3) is 0.588. The number of β-amino-alcohol motifs (C(OH)–C–C–N with tert-alkyl or cyclic N) is 1. The number of rotatable bonds is 8. The summed E-state index contributed by atoms with van der Waals surface area (Å²) >= 11 is 0. The van der Waals surface area contributed by atoms with E-state index in [0.29, 0.717) is 26.4 Å². The first kappa shape index (κ1) is 17.2. The number of aliphatic hydroxyl groups is 1. The second kappa shape index (κ2) is 8.43. The Morgan fingerprint density at radius 3 is 3.17 bits per heavy atom. The highest BCUT2D eigenvalue weighted by molar-refractivity contribution is 4.99. The van der Waals surface area contributed by atoms with Crippen LogP contribution in [0.25, 0.3) is 0 Å². The van der Waals surface area contributed by atoms with Gasteiger partial charge in [0.05, 0.1) is 44.4 Å². The number of nitrogens with zero attached hydrogens (tertiary/aromatic N) is 3. The van der Waals surface area contributed by atoms with Gasteiger partial charge in [-0.2, -0.15) is 5.10 Å². The fourth-order valence-electron chi connectivity index (χ4n) is 2.87. The molecule has 24 heavy (non-hydrogen) atoms. The molecular weight excluding hydrogens is 310 g/mol. The molecule has 0 aliphatic carbocycles. The van der Waals surface area contributed by atoms with E-state index >= 15 is 0 Å². The van der Waals surface area contributed by atoms with E-state index in [4.69, 9.17) is 13.9 Å². The van der Waals surface area contributed by atoms with Gasteiger partial charge in [-0.3, -0.25) is 9.58 Å². The average Bonchev–Trinajstić information content (AvgIpc) is 3.20. The molecule has 3 rings (SSSR count). The smallest absolute Gasteiger partial charge is 0.129 e. The largest absolute Gasteiger partial charge is 0.467 e. The van der Waals surface area contributed by atoms with Crippen LogP contribution in [-0.4, -0.2) is 64.8 Å². The molecule has 2 atom stereocenters. The van der Waals surface area contributed by atoms with Crippen LogP contribution in [0.15, 0.2) is 35.2 Å². The van der Waals surface area contributed by atoms with E-state index < -0.39 is 6.10 Å². The van der Waals surface area contributed by atoms with E-state index in [9.17, 15) is 5.11 Å². The number of hydrogen-bond donors (Lipinski definition) is 1. The summed E-state index contributed by atoms with van der Waals surface area (Å²) in [5.41, 5.74) is 1.15. The van der Waals surface area contributed by atoms with E-state index in [1.165, 1.54) is 0 Å². The van der Waals surface area contributed by atoms with E-state index in [0.717, 1.165) is 31.0 Å². The van der Waals surface area contributed by atoms with Gasteiger partial charge in [-0.1, -0.05) is 0 Å². The predicted octanol–water partition coefficient (Wildman–Crippen LogP) is 1.06. The zero-order valence-corrected chi connectivity index (χ0v) is 14.0. The number of aromatic nitrogens is 2. The van der Waals surface area contributed by atoms with Gasteiger partial charge in [0.2, 0.25) is 0 Å². The van der Waals surface area contributed by atoms with Crippen molar-refractivity contribution in [2.24, 2.45) is 0 Å². The fourth-order valence-corrected chi connectivity index (χ4v) is 2.87. The van der Waals surface area contributed by atoms with Crippen molar-refractivity contribution in [2.75, 3.05) is 32.8 Å². The lowest BCUT2D eigenvalue weighted by Gasteiger charge is -2.33. The van der Waals surface area contributed by atoms with Crippen LogP contribution >= 0.6 is 0 Å². The summed E-state index contributed by atoms with van der Waals surface area (Å²) in [5, 5.41) is 14.5. The molecule has 1 aliphatic rings. The first-order valence-electron chi connectivity index (χ1n) is 8.30. The molecule has 132 valence electrons. The first-order valence-corrected chi connectivity index (χ1v) is 8.30. The Kier molecular flexibility index (Phi) is 6.03. The second-order valence-corrected chi connectivity index (χ2v) is 6.24. The van der Waals surface area contributed by atoms with Gasteiger partial charge in [-0.25, -0.2) is 0 Å². The topological polar surface area (TPSA) is 72.9 Å². The molecule has 0 saturated carbocycles. The minimum atomic E-state index is -0.523.